The fraction of sp³-hybridized carbons (Fsp3) is 0.500. The van der Waals surface area contributed by atoms with Crippen molar-refractivity contribution in [3.8, 4) is 11.3 Å². The SMILES string of the molecule is Nc1cnn([C@@H]2O[C@H](CO)C(O)[C@]2(Cl)C#CCl)c(=O)n1. The largest absolute Gasteiger partial charge is 0.394 e. The lowest BCUT2D eigenvalue weighted by Crippen LogP contribution is -2.44. The van der Waals surface area contributed by atoms with E-state index in [2.05, 4.69) is 16.0 Å². The van der Waals surface area contributed by atoms with Crippen molar-refractivity contribution in [2.45, 2.75) is 23.3 Å². The van der Waals surface area contributed by atoms with E-state index in [1.807, 2.05) is 5.38 Å². The molecule has 0 aromatic carbocycles. The molecule has 1 saturated heterocycles. The number of aliphatic hydroxyl groups excluding tert-OH is 2. The molecule has 4 atom stereocenters. The normalized spacial score (nSPS) is 32.7. The lowest BCUT2D eigenvalue weighted by atomic mass is 10.00. The van der Waals surface area contributed by atoms with Crippen molar-refractivity contribution in [3.05, 3.63) is 16.7 Å². The monoisotopic (exact) mass is 320 g/mol. The van der Waals surface area contributed by atoms with Crippen LogP contribution in [0.5, 0.6) is 0 Å². The van der Waals surface area contributed by atoms with Gasteiger partial charge in [0, 0.05) is 5.38 Å². The van der Waals surface area contributed by atoms with Gasteiger partial charge >= 0.3 is 5.69 Å². The third kappa shape index (κ3) is 2.34. The molecule has 1 aliphatic rings. The molecule has 0 radical (unpaired) electrons. The van der Waals surface area contributed by atoms with Crippen molar-refractivity contribution < 1.29 is 14.9 Å². The van der Waals surface area contributed by atoms with Gasteiger partial charge in [0.15, 0.2) is 11.1 Å². The van der Waals surface area contributed by atoms with Gasteiger partial charge in [-0.2, -0.15) is 14.8 Å². The molecule has 1 unspecified atom stereocenters. The van der Waals surface area contributed by atoms with Crippen molar-refractivity contribution in [1.29, 1.82) is 0 Å². The van der Waals surface area contributed by atoms with Gasteiger partial charge in [-0.3, -0.25) is 0 Å². The first-order valence-electron chi connectivity index (χ1n) is 5.41. The number of aromatic nitrogens is 3. The molecule has 10 heteroatoms. The molecular weight excluding hydrogens is 311 g/mol. The number of halogens is 2. The molecule has 0 spiro atoms. The van der Waals surface area contributed by atoms with E-state index in [1.54, 1.807) is 0 Å². The molecule has 8 nitrogen and oxygen atoms in total. The predicted molar refractivity (Wildman–Crippen MR) is 69.9 cm³/mol. The molecule has 4 N–H and O–H groups in total. The molecule has 1 aromatic rings. The van der Waals surface area contributed by atoms with Crippen LogP contribution in [0.2, 0.25) is 0 Å². The Labute approximate surface area is 123 Å². The molecule has 0 saturated carbocycles. The molecule has 0 amide bonds. The summed E-state index contributed by atoms with van der Waals surface area (Å²) in [5, 5.41) is 25.0. The number of hydrogen-bond donors (Lipinski definition) is 3. The van der Waals surface area contributed by atoms with Crippen molar-refractivity contribution in [2.24, 2.45) is 0 Å². The summed E-state index contributed by atoms with van der Waals surface area (Å²) < 4.78 is 6.11. The number of rotatable bonds is 2. The van der Waals surface area contributed by atoms with Gasteiger partial charge in [0.05, 0.1) is 12.8 Å². The Kier molecular flexibility index (Phi) is 4.17. The number of nitrogens with two attached hydrogens (primary N) is 1. The Bertz CT molecular complexity index is 628. The zero-order valence-electron chi connectivity index (χ0n) is 9.90. The van der Waals surface area contributed by atoms with Gasteiger partial charge in [0.25, 0.3) is 0 Å². The van der Waals surface area contributed by atoms with Gasteiger partial charge in [-0.05, 0) is 11.6 Å². The van der Waals surface area contributed by atoms with Gasteiger partial charge in [-0.1, -0.05) is 17.5 Å². The first kappa shape index (κ1) is 15.0. The summed E-state index contributed by atoms with van der Waals surface area (Å²) in [5.41, 5.74) is 4.50. The third-order valence-electron chi connectivity index (χ3n) is 2.82. The van der Waals surface area contributed by atoms with E-state index in [0.29, 0.717) is 0 Å². The highest BCUT2D eigenvalue weighted by Crippen LogP contribution is 2.42. The average molecular weight is 321 g/mol. The van der Waals surface area contributed by atoms with Gasteiger partial charge < -0.3 is 20.7 Å². The molecule has 1 aliphatic heterocycles. The van der Waals surface area contributed by atoms with Gasteiger partial charge in [0.2, 0.25) is 0 Å². The van der Waals surface area contributed by atoms with E-state index in [4.69, 9.17) is 38.8 Å². The Morgan fingerprint density at radius 1 is 1.65 bits per heavy atom. The highest BCUT2D eigenvalue weighted by molar-refractivity contribution is 6.32. The molecular formula is C10H10Cl2N4O4. The quantitative estimate of drug-likeness (QED) is 0.454. The maximum absolute atomic E-state index is 11.8. The molecule has 0 bridgehead atoms. The molecule has 108 valence electrons. The van der Waals surface area contributed by atoms with E-state index in [0.717, 1.165) is 10.9 Å². The standard InChI is InChI=1S/C10H10Cl2N4O4/c11-2-1-10(12)7(18)5(4-17)20-8(10)16-9(19)15-6(13)3-14-16/h3,5,7-8,17-18H,4H2,(H2,13,15,19)/t5-,7?,8-,10-/m1/s1. The maximum Gasteiger partial charge on any atom is 0.368 e. The van der Waals surface area contributed by atoms with Crippen LogP contribution < -0.4 is 11.4 Å². The van der Waals surface area contributed by atoms with Crippen LogP contribution in [0.25, 0.3) is 0 Å². The van der Waals surface area contributed by atoms with E-state index in [9.17, 15) is 9.90 Å². The Balaban J connectivity index is 2.52. The first-order chi connectivity index (χ1) is 9.43. The summed E-state index contributed by atoms with van der Waals surface area (Å²) in [5.74, 6) is 2.28. The average Bonchev–Trinajstić information content (AvgIpc) is 2.63. The minimum Gasteiger partial charge on any atom is -0.394 e. The summed E-state index contributed by atoms with van der Waals surface area (Å²) in [6.07, 6.45) is -2.57. The van der Waals surface area contributed by atoms with Crippen LogP contribution in [-0.2, 0) is 4.74 Å². The van der Waals surface area contributed by atoms with Crippen LogP contribution in [0.3, 0.4) is 0 Å². The molecule has 2 rings (SSSR count). The molecule has 20 heavy (non-hydrogen) atoms. The summed E-state index contributed by atoms with van der Waals surface area (Å²) in [7, 11) is 0. The Hall–Kier alpha value is -1.37. The predicted octanol–water partition coefficient (Wildman–Crippen LogP) is -1.35. The van der Waals surface area contributed by atoms with Crippen LogP contribution in [0.15, 0.2) is 11.0 Å². The summed E-state index contributed by atoms with van der Waals surface area (Å²) >= 11 is 11.5. The lowest BCUT2D eigenvalue weighted by Gasteiger charge is -2.24. The first-order valence-corrected chi connectivity index (χ1v) is 6.17. The summed E-state index contributed by atoms with van der Waals surface area (Å²) in [6.45, 7) is -0.521. The molecule has 0 aliphatic carbocycles. The number of hydrogen-bond acceptors (Lipinski definition) is 7. The van der Waals surface area contributed by atoms with Crippen LogP contribution in [0.1, 0.15) is 6.23 Å². The Morgan fingerprint density at radius 2 is 2.35 bits per heavy atom. The summed E-state index contributed by atoms with van der Waals surface area (Å²) in [4.78, 5) is 13.5. The zero-order valence-corrected chi connectivity index (χ0v) is 11.4. The number of nitrogen functional groups attached to an aromatic ring is 1. The van der Waals surface area contributed by atoms with Crippen molar-refractivity contribution in [2.75, 3.05) is 12.3 Å². The minimum absolute atomic E-state index is 0.0768. The third-order valence-corrected chi connectivity index (χ3v) is 3.42. The van der Waals surface area contributed by atoms with Crippen molar-refractivity contribution in [1.82, 2.24) is 14.8 Å². The Morgan fingerprint density at radius 3 is 2.90 bits per heavy atom. The lowest BCUT2D eigenvalue weighted by molar-refractivity contribution is -0.0512. The van der Waals surface area contributed by atoms with Crippen LogP contribution in [0.4, 0.5) is 5.82 Å². The minimum atomic E-state index is -1.75. The number of aliphatic hydroxyl groups is 2. The van der Waals surface area contributed by atoms with Gasteiger partial charge in [-0.15, -0.1) is 0 Å². The van der Waals surface area contributed by atoms with E-state index in [-0.39, 0.29) is 5.82 Å². The fourth-order valence-electron chi connectivity index (χ4n) is 1.86. The number of nitrogens with zero attached hydrogens (tertiary/aromatic N) is 3. The summed E-state index contributed by atoms with van der Waals surface area (Å²) in [6, 6.07) is 0. The van der Waals surface area contributed by atoms with Crippen LogP contribution in [-0.4, -0.2) is 48.7 Å². The van der Waals surface area contributed by atoms with Crippen LogP contribution in [0, 0.1) is 11.3 Å². The maximum atomic E-state index is 11.8. The zero-order chi connectivity index (χ0) is 14.9. The number of alkyl halides is 1. The van der Waals surface area contributed by atoms with E-state index >= 15 is 0 Å². The topological polar surface area (TPSA) is 123 Å². The van der Waals surface area contributed by atoms with E-state index < -0.39 is 35.6 Å². The van der Waals surface area contributed by atoms with E-state index in [1.165, 1.54) is 0 Å². The van der Waals surface area contributed by atoms with Gasteiger partial charge in [-0.25, -0.2) is 4.79 Å². The van der Waals surface area contributed by atoms with Crippen molar-refractivity contribution in [3.63, 3.8) is 0 Å². The van der Waals surface area contributed by atoms with Crippen LogP contribution >= 0.6 is 23.2 Å². The second-order valence-electron chi connectivity index (χ2n) is 4.05. The number of ether oxygens (including phenoxy) is 1. The molecule has 1 fully saturated rings. The highest BCUT2D eigenvalue weighted by Gasteiger charge is 2.56. The smallest absolute Gasteiger partial charge is 0.368 e. The fourth-order valence-corrected chi connectivity index (χ4v) is 2.40. The second-order valence-corrected chi connectivity index (χ2v) is 4.86. The highest BCUT2D eigenvalue weighted by atomic mass is 35.5. The van der Waals surface area contributed by atoms with Crippen molar-refractivity contribution >= 4 is 29.0 Å². The van der Waals surface area contributed by atoms with Gasteiger partial charge in [0.1, 0.15) is 18.0 Å². The second kappa shape index (κ2) is 5.55. The molecule has 2 heterocycles. The number of anilines is 1. The molecule has 1 aromatic heterocycles.